The molecule has 0 aliphatic rings. The summed E-state index contributed by atoms with van der Waals surface area (Å²) in [4.78, 5) is 11.1. The molecular formula is C11H13BrO4. The van der Waals surface area contributed by atoms with Gasteiger partial charge in [0.1, 0.15) is 11.5 Å². The van der Waals surface area contributed by atoms with Crippen LogP contribution in [0.25, 0.3) is 0 Å². The smallest absolute Gasteiger partial charge is 0.344 e. The van der Waals surface area contributed by atoms with Gasteiger partial charge in [-0.15, -0.1) is 0 Å². The van der Waals surface area contributed by atoms with Crippen LogP contribution in [0.1, 0.15) is 6.92 Å². The average molecular weight is 289 g/mol. The predicted molar refractivity (Wildman–Crippen MR) is 62.8 cm³/mol. The average Bonchev–Trinajstić information content (AvgIpc) is 2.27. The summed E-state index contributed by atoms with van der Waals surface area (Å²) in [6.07, 6.45) is 0. The third-order valence-electron chi connectivity index (χ3n) is 1.79. The number of halogens is 1. The second-order valence-corrected chi connectivity index (χ2v) is 3.74. The van der Waals surface area contributed by atoms with Crippen molar-refractivity contribution >= 4 is 21.9 Å². The Morgan fingerprint density at radius 2 is 2.19 bits per heavy atom. The molecule has 0 aliphatic heterocycles. The minimum absolute atomic E-state index is 0.0984. The molecule has 0 saturated carbocycles. The number of rotatable bonds is 5. The fourth-order valence-corrected chi connectivity index (χ4v) is 1.54. The van der Waals surface area contributed by atoms with Gasteiger partial charge in [0, 0.05) is 0 Å². The van der Waals surface area contributed by atoms with E-state index < -0.39 is 0 Å². The van der Waals surface area contributed by atoms with Gasteiger partial charge in [0.05, 0.1) is 18.2 Å². The van der Waals surface area contributed by atoms with Gasteiger partial charge < -0.3 is 14.2 Å². The molecule has 0 fully saturated rings. The van der Waals surface area contributed by atoms with E-state index in [1.807, 2.05) is 0 Å². The van der Waals surface area contributed by atoms with Crippen molar-refractivity contribution in [2.24, 2.45) is 0 Å². The fraction of sp³-hybridized carbons (Fsp3) is 0.364. The van der Waals surface area contributed by atoms with Crippen molar-refractivity contribution in [1.29, 1.82) is 0 Å². The largest absolute Gasteiger partial charge is 0.497 e. The van der Waals surface area contributed by atoms with Gasteiger partial charge in [-0.1, -0.05) is 0 Å². The Morgan fingerprint density at radius 3 is 2.75 bits per heavy atom. The Hall–Kier alpha value is -1.23. The SMILES string of the molecule is CCOC(=O)COc1ccc(OC)cc1Br. The number of hydrogen-bond acceptors (Lipinski definition) is 4. The van der Waals surface area contributed by atoms with Gasteiger partial charge in [-0.2, -0.15) is 0 Å². The van der Waals surface area contributed by atoms with Crippen molar-refractivity contribution < 1.29 is 19.0 Å². The molecular weight excluding hydrogens is 276 g/mol. The Balaban J connectivity index is 2.57. The van der Waals surface area contributed by atoms with Crippen LogP contribution < -0.4 is 9.47 Å². The maximum Gasteiger partial charge on any atom is 0.344 e. The summed E-state index contributed by atoms with van der Waals surface area (Å²) in [6.45, 7) is 2.01. The molecule has 0 N–H and O–H groups in total. The third-order valence-corrected chi connectivity index (χ3v) is 2.41. The highest BCUT2D eigenvalue weighted by molar-refractivity contribution is 9.10. The molecule has 0 aliphatic carbocycles. The number of carbonyl (C=O) groups is 1. The maximum atomic E-state index is 11.1. The molecule has 1 aromatic rings. The van der Waals surface area contributed by atoms with E-state index in [-0.39, 0.29) is 12.6 Å². The fourth-order valence-electron chi connectivity index (χ4n) is 1.06. The first-order valence-electron chi connectivity index (χ1n) is 4.79. The van der Waals surface area contributed by atoms with Gasteiger partial charge in [-0.3, -0.25) is 0 Å². The summed E-state index contributed by atoms with van der Waals surface area (Å²) < 4.78 is 15.8. The number of ether oxygens (including phenoxy) is 3. The zero-order chi connectivity index (χ0) is 12.0. The Bertz CT molecular complexity index is 365. The highest BCUT2D eigenvalue weighted by atomic mass is 79.9. The van der Waals surface area contributed by atoms with Crippen molar-refractivity contribution in [1.82, 2.24) is 0 Å². The van der Waals surface area contributed by atoms with Gasteiger partial charge in [-0.05, 0) is 41.1 Å². The van der Waals surface area contributed by atoms with Crippen molar-refractivity contribution in [2.75, 3.05) is 20.3 Å². The van der Waals surface area contributed by atoms with Crippen LogP contribution in [0.4, 0.5) is 0 Å². The van der Waals surface area contributed by atoms with Crippen LogP contribution in [-0.2, 0) is 9.53 Å². The van der Waals surface area contributed by atoms with Gasteiger partial charge >= 0.3 is 5.97 Å². The van der Waals surface area contributed by atoms with Gasteiger partial charge in [0.25, 0.3) is 0 Å². The second-order valence-electron chi connectivity index (χ2n) is 2.89. The topological polar surface area (TPSA) is 44.8 Å². The van der Waals surface area contributed by atoms with Crippen molar-refractivity contribution in [3.8, 4) is 11.5 Å². The first-order valence-corrected chi connectivity index (χ1v) is 5.58. The van der Waals surface area contributed by atoms with E-state index in [1.54, 1.807) is 32.2 Å². The zero-order valence-electron chi connectivity index (χ0n) is 9.16. The van der Waals surface area contributed by atoms with E-state index in [0.717, 1.165) is 10.2 Å². The molecule has 0 heterocycles. The van der Waals surface area contributed by atoms with Crippen LogP contribution >= 0.6 is 15.9 Å². The summed E-state index contributed by atoms with van der Waals surface area (Å²) in [5.74, 6) is 0.912. The molecule has 5 heteroatoms. The summed E-state index contributed by atoms with van der Waals surface area (Å²) in [5, 5.41) is 0. The quantitative estimate of drug-likeness (QED) is 0.781. The molecule has 4 nitrogen and oxygen atoms in total. The van der Waals surface area contributed by atoms with E-state index in [1.165, 1.54) is 0 Å². The first kappa shape index (κ1) is 12.8. The van der Waals surface area contributed by atoms with E-state index in [0.29, 0.717) is 12.4 Å². The second kappa shape index (κ2) is 6.37. The van der Waals surface area contributed by atoms with Crippen LogP contribution in [-0.4, -0.2) is 26.3 Å². The maximum absolute atomic E-state index is 11.1. The van der Waals surface area contributed by atoms with E-state index in [9.17, 15) is 4.79 Å². The highest BCUT2D eigenvalue weighted by Crippen LogP contribution is 2.28. The molecule has 0 aromatic heterocycles. The van der Waals surface area contributed by atoms with Crippen LogP contribution in [0.3, 0.4) is 0 Å². The van der Waals surface area contributed by atoms with E-state index in [2.05, 4.69) is 15.9 Å². The van der Waals surface area contributed by atoms with Gasteiger partial charge in [0.2, 0.25) is 0 Å². The molecule has 0 atom stereocenters. The molecule has 0 bridgehead atoms. The Morgan fingerprint density at radius 1 is 1.44 bits per heavy atom. The lowest BCUT2D eigenvalue weighted by Gasteiger charge is -2.08. The zero-order valence-corrected chi connectivity index (χ0v) is 10.7. The standard InChI is InChI=1S/C11H13BrO4/c1-3-15-11(13)7-16-10-5-4-8(14-2)6-9(10)12/h4-6H,3,7H2,1-2H3. The lowest BCUT2D eigenvalue weighted by Crippen LogP contribution is -2.14. The summed E-state index contributed by atoms with van der Waals surface area (Å²) in [7, 11) is 1.58. The van der Waals surface area contributed by atoms with Crippen molar-refractivity contribution in [3.05, 3.63) is 22.7 Å². The minimum atomic E-state index is -0.384. The van der Waals surface area contributed by atoms with E-state index in [4.69, 9.17) is 14.2 Å². The normalized spacial score (nSPS) is 9.69. The predicted octanol–water partition coefficient (Wildman–Crippen LogP) is 2.40. The van der Waals surface area contributed by atoms with E-state index >= 15 is 0 Å². The molecule has 1 aromatic carbocycles. The number of esters is 1. The molecule has 0 unspecified atom stereocenters. The minimum Gasteiger partial charge on any atom is -0.497 e. The number of methoxy groups -OCH3 is 1. The monoisotopic (exact) mass is 288 g/mol. The summed E-state index contributed by atoms with van der Waals surface area (Å²) in [5.41, 5.74) is 0. The van der Waals surface area contributed by atoms with Crippen molar-refractivity contribution in [3.63, 3.8) is 0 Å². The summed E-state index contributed by atoms with van der Waals surface area (Å²) in [6, 6.07) is 5.24. The lowest BCUT2D eigenvalue weighted by molar-refractivity contribution is -0.145. The third kappa shape index (κ3) is 3.73. The molecule has 0 saturated heterocycles. The number of hydrogen-bond donors (Lipinski definition) is 0. The number of benzene rings is 1. The molecule has 0 spiro atoms. The Kier molecular flexibility index (Phi) is 5.11. The first-order chi connectivity index (χ1) is 7.67. The van der Waals surface area contributed by atoms with Crippen LogP contribution in [0.5, 0.6) is 11.5 Å². The molecule has 0 radical (unpaired) electrons. The van der Waals surface area contributed by atoms with Crippen LogP contribution in [0.15, 0.2) is 22.7 Å². The molecule has 0 amide bonds. The lowest BCUT2D eigenvalue weighted by atomic mass is 10.3. The summed E-state index contributed by atoms with van der Waals surface area (Å²) >= 11 is 3.32. The molecule has 16 heavy (non-hydrogen) atoms. The van der Waals surface area contributed by atoms with Crippen molar-refractivity contribution in [2.45, 2.75) is 6.92 Å². The van der Waals surface area contributed by atoms with Gasteiger partial charge in [0.15, 0.2) is 6.61 Å². The molecule has 88 valence electrons. The molecule has 1 rings (SSSR count). The van der Waals surface area contributed by atoms with Crippen LogP contribution in [0, 0.1) is 0 Å². The van der Waals surface area contributed by atoms with Crippen LogP contribution in [0.2, 0.25) is 0 Å². The Labute approximate surface area is 103 Å². The highest BCUT2D eigenvalue weighted by Gasteiger charge is 2.06. The van der Waals surface area contributed by atoms with Gasteiger partial charge in [-0.25, -0.2) is 4.79 Å². The number of carbonyl (C=O) groups excluding carboxylic acids is 1.